The molecule has 1 aliphatic carbocycles. The molecule has 1 rings (SSSR count). The summed E-state index contributed by atoms with van der Waals surface area (Å²) >= 11 is 0. The van der Waals surface area contributed by atoms with Gasteiger partial charge in [-0.1, -0.05) is 13.3 Å². The van der Waals surface area contributed by atoms with E-state index in [1.165, 1.54) is 0 Å². The minimum atomic E-state index is -0.372. The van der Waals surface area contributed by atoms with E-state index in [1.54, 1.807) is 0 Å². The van der Waals surface area contributed by atoms with E-state index in [-0.39, 0.29) is 12.2 Å². The summed E-state index contributed by atoms with van der Waals surface area (Å²) in [5.74, 6) is 0. The Morgan fingerprint density at radius 1 is 1.42 bits per heavy atom. The van der Waals surface area contributed by atoms with Crippen molar-refractivity contribution in [2.45, 2.75) is 50.7 Å². The minimum absolute atomic E-state index is 0.243. The molecule has 0 spiro atoms. The Balaban J connectivity index is 2.06. The lowest BCUT2D eigenvalue weighted by Gasteiger charge is -2.24. The van der Waals surface area contributed by atoms with Crippen molar-refractivity contribution >= 4 is 0 Å². The molecule has 0 saturated heterocycles. The fourth-order valence-electron chi connectivity index (χ4n) is 1.61. The van der Waals surface area contributed by atoms with E-state index < -0.39 is 0 Å². The number of unbranched alkanes of at least 4 members (excludes halogenated alkanes) is 1. The predicted octanol–water partition coefficient (Wildman–Crippen LogP) is 2.36. The van der Waals surface area contributed by atoms with Crippen molar-refractivity contribution in [3.05, 3.63) is 6.92 Å². The molecule has 0 aromatic heterocycles. The molecule has 2 unspecified atom stereocenters. The second-order valence-corrected chi connectivity index (χ2v) is 3.49. The van der Waals surface area contributed by atoms with Gasteiger partial charge < -0.3 is 4.74 Å². The molecule has 1 fully saturated rings. The second-order valence-electron chi connectivity index (χ2n) is 3.49. The number of hydrogen-bond acceptors (Lipinski definition) is 1. The molecule has 2 heteroatoms. The zero-order valence-corrected chi connectivity index (χ0v) is 7.63. The molecular formula is C10H18O2. The van der Waals surface area contributed by atoms with E-state index in [0.717, 1.165) is 45.1 Å². The third-order valence-electron chi connectivity index (χ3n) is 2.33. The molecule has 0 N–H and O–H groups in total. The lowest BCUT2D eigenvalue weighted by molar-refractivity contribution is -0.0376. The van der Waals surface area contributed by atoms with Crippen LogP contribution in [0.4, 0.5) is 0 Å². The van der Waals surface area contributed by atoms with Crippen molar-refractivity contribution in [3.63, 3.8) is 0 Å². The quantitative estimate of drug-likeness (QED) is 0.595. The molecule has 12 heavy (non-hydrogen) atoms. The average molecular weight is 170 g/mol. The first-order valence-corrected chi connectivity index (χ1v) is 4.89. The summed E-state index contributed by atoms with van der Waals surface area (Å²) in [6.45, 7) is 4.52. The summed E-state index contributed by atoms with van der Waals surface area (Å²) in [7, 11) is 0. The third kappa shape index (κ3) is 3.55. The van der Waals surface area contributed by atoms with Crippen LogP contribution in [0.25, 0.3) is 0 Å². The van der Waals surface area contributed by atoms with Crippen molar-refractivity contribution < 1.29 is 9.84 Å². The topological polar surface area (TPSA) is 29.1 Å². The Morgan fingerprint density at radius 2 is 2.25 bits per heavy atom. The summed E-state index contributed by atoms with van der Waals surface area (Å²) in [5, 5.41) is 11.1. The van der Waals surface area contributed by atoms with E-state index in [4.69, 9.17) is 4.74 Å². The van der Waals surface area contributed by atoms with Crippen LogP contribution in [0.1, 0.15) is 38.5 Å². The molecule has 2 nitrogen and oxygen atoms in total. The van der Waals surface area contributed by atoms with Crippen LogP contribution in [0.15, 0.2) is 0 Å². The largest absolute Gasteiger partial charge is 0.378 e. The number of ether oxygens (including phenoxy) is 1. The van der Waals surface area contributed by atoms with Gasteiger partial charge in [-0.05, 0) is 25.7 Å². The van der Waals surface area contributed by atoms with Gasteiger partial charge in [0.2, 0.25) is 0 Å². The predicted molar refractivity (Wildman–Crippen MR) is 47.3 cm³/mol. The standard InChI is InChI=1S/C10H18O2/c1-2-3-7-12-10-6-4-5-9(11)8-10/h9-10H,1-8H2. The van der Waals surface area contributed by atoms with Crippen molar-refractivity contribution in [3.8, 4) is 0 Å². The van der Waals surface area contributed by atoms with E-state index in [0.29, 0.717) is 0 Å². The lowest BCUT2D eigenvalue weighted by atomic mass is 9.95. The lowest BCUT2D eigenvalue weighted by Crippen LogP contribution is -2.25. The Hall–Kier alpha value is -0.0800. The van der Waals surface area contributed by atoms with Crippen LogP contribution < -0.4 is 0 Å². The SMILES string of the molecule is [CH2]CCCOC1CCCC([O])C1. The zero-order chi connectivity index (χ0) is 8.81. The van der Waals surface area contributed by atoms with Gasteiger partial charge >= 0.3 is 0 Å². The van der Waals surface area contributed by atoms with Crippen LogP contribution >= 0.6 is 0 Å². The first kappa shape index (κ1) is 10.0. The molecule has 0 amide bonds. The molecule has 2 radical (unpaired) electrons. The van der Waals surface area contributed by atoms with Crippen LogP contribution in [0.5, 0.6) is 0 Å². The van der Waals surface area contributed by atoms with Crippen LogP contribution in [0, 0.1) is 6.92 Å². The van der Waals surface area contributed by atoms with E-state index >= 15 is 0 Å². The Bertz CT molecular complexity index is 114. The highest BCUT2D eigenvalue weighted by Crippen LogP contribution is 2.21. The van der Waals surface area contributed by atoms with Crippen LogP contribution in [0.2, 0.25) is 0 Å². The highest BCUT2D eigenvalue weighted by molar-refractivity contribution is 4.71. The molecule has 0 aliphatic heterocycles. The van der Waals surface area contributed by atoms with Gasteiger partial charge in [-0.3, -0.25) is 0 Å². The van der Waals surface area contributed by atoms with Crippen LogP contribution in [-0.4, -0.2) is 18.8 Å². The summed E-state index contributed by atoms with van der Waals surface area (Å²) < 4.78 is 5.55. The van der Waals surface area contributed by atoms with Gasteiger partial charge in [-0.2, -0.15) is 0 Å². The van der Waals surface area contributed by atoms with Gasteiger partial charge in [0, 0.05) is 13.0 Å². The van der Waals surface area contributed by atoms with Gasteiger partial charge in [-0.25, -0.2) is 5.11 Å². The van der Waals surface area contributed by atoms with E-state index in [1.807, 2.05) is 0 Å². The fraction of sp³-hybridized carbons (Fsp3) is 0.900. The first-order chi connectivity index (χ1) is 5.83. The normalized spacial score (nSPS) is 30.5. The maximum absolute atomic E-state index is 11.1. The van der Waals surface area contributed by atoms with Crippen molar-refractivity contribution in [2.75, 3.05) is 6.61 Å². The average Bonchev–Trinajstić information content (AvgIpc) is 2.05. The molecular weight excluding hydrogens is 152 g/mol. The first-order valence-electron chi connectivity index (χ1n) is 4.89. The van der Waals surface area contributed by atoms with Crippen molar-refractivity contribution in [1.29, 1.82) is 0 Å². The second kappa shape index (κ2) is 5.55. The fourth-order valence-corrected chi connectivity index (χ4v) is 1.61. The van der Waals surface area contributed by atoms with Crippen LogP contribution in [0.3, 0.4) is 0 Å². The molecule has 1 saturated carbocycles. The maximum atomic E-state index is 11.1. The van der Waals surface area contributed by atoms with Gasteiger partial charge in [0.1, 0.15) is 0 Å². The minimum Gasteiger partial charge on any atom is -0.378 e. The van der Waals surface area contributed by atoms with Gasteiger partial charge in [-0.15, -0.1) is 0 Å². The van der Waals surface area contributed by atoms with Gasteiger partial charge in [0.25, 0.3) is 0 Å². The highest BCUT2D eigenvalue weighted by Gasteiger charge is 2.21. The van der Waals surface area contributed by atoms with Crippen LogP contribution in [-0.2, 0) is 9.84 Å². The molecule has 0 aromatic carbocycles. The van der Waals surface area contributed by atoms with E-state index in [2.05, 4.69) is 6.92 Å². The Kier molecular flexibility index (Phi) is 4.62. The van der Waals surface area contributed by atoms with Crippen molar-refractivity contribution in [1.82, 2.24) is 0 Å². The summed E-state index contributed by atoms with van der Waals surface area (Å²) in [6, 6.07) is 0. The summed E-state index contributed by atoms with van der Waals surface area (Å²) in [4.78, 5) is 0. The zero-order valence-electron chi connectivity index (χ0n) is 7.63. The van der Waals surface area contributed by atoms with Gasteiger partial charge in [0.15, 0.2) is 0 Å². The molecule has 0 bridgehead atoms. The molecule has 0 heterocycles. The summed E-state index contributed by atoms with van der Waals surface area (Å²) in [5.41, 5.74) is 0. The highest BCUT2D eigenvalue weighted by atomic mass is 16.5. The summed E-state index contributed by atoms with van der Waals surface area (Å²) in [6.07, 6.45) is 5.50. The third-order valence-corrected chi connectivity index (χ3v) is 2.33. The van der Waals surface area contributed by atoms with Gasteiger partial charge in [0.05, 0.1) is 12.2 Å². The molecule has 0 aromatic rings. The number of rotatable bonds is 4. The van der Waals surface area contributed by atoms with Crippen molar-refractivity contribution in [2.24, 2.45) is 0 Å². The van der Waals surface area contributed by atoms with E-state index in [9.17, 15) is 5.11 Å². The Morgan fingerprint density at radius 3 is 2.92 bits per heavy atom. The Labute approximate surface area is 74.9 Å². The molecule has 2 atom stereocenters. The molecule has 1 aliphatic rings. The monoisotopic (exact) mass is 170 g/mol. The maximum Gasteiger partial charge on any atom is 0.0954 e. The number of hydrogen-bond donors (Lipinski definition) is 0. The molecule has 70 valence electrons. The smallest absolute Gasteiger partial charge is 0.0954 e.